The Bertz CT molecular complexity index is 401. The Morgan fingerprint density at radius 2 is 1.84 bits per heavy atom. The number of alkyl halides is 3. The van der Waals surface area contributed by atoms with Crippen LogP contribution in [0.15, 0.2) is 24.3 Å². The van der Waals surface area contributed by atoms with E-state index < -0.39 is 6.36 Å². The lowest BCUT2D eigenvalue weighted by Gasteiger charge is -2.21. The SMILES string of the molecule is NCCN(Cc1ccc(OC(F)(F)F)cc1)C1CC1. The highest BCUT2D eigenvalue weighted by Crippen LogP contribution is 2.28. The molecule has 0 aliphatic heterocycles. The summed E-state index contributed by atoms with van der Waals surface area (Å²) in [6.45, 7) is 2.12. The van der Waals surface area contributed by atoms with Gasteiger partial charge in [-0.05, 0) is 30.5 Å². The van der Waals surface area contributed by atoms with Gasteiger partial charge < -0.3 is 10.5 Å². The smallest absolute Gasteiger partial charge is 0.406 e. The fraction of sp³-hybridized carbons (Fsp3) is 0.538. The van der Waals surface area contributed by atoms with Crippen LogP contribution in [0.4, 0.5) is 13.2 Å². The van der Waals surface area contributed by atoms with Gasteiger partial charge in [0.15, 0.2) is 0 Å². The van der Waals surface area contributed by atoms with E-state index in [0.29, 0.717) is 19.1 Å². The van der Waals surface area contributed by atoms with Crippen molar-refractivity contribution >= 4 is 0 Å². The Hall–Kier alpha value is -1.27. The van der Waals surface area contributed by atoms with Gasteiger partial charge >= 0.3 is 6.36 Å². The van der Waals surface area contributed by atoms with Crippen molar-refractivity contribution in [1.29, 1.82) is 0 Å². The quantitative estimate of drug-likeness (QED) is 0.866. The minimum absolute atomic E-state index is 0.187. The third-order valence-corrected chi connectivity index (χ3v) is 3.02. The summed E-state index contributed by atoms with van der Waals surface area (Å²) in [7, 11) is 0. The molecule has 0 spiro atoms. The Balaban J connectivity index is 1.93. The molecule has 0 radical (unpaired) electrons. The maximum atomic E-state index is 12.0. The predicted octanol–water partition coefficient (Wildman–Crippen LogP) is 2.51. The molecule has 1 aliphatic carbocycles. The third-order valence-electron chi connectivity index (χ3n) is 3.02. The summed E-state index contributed by atoms with van der Waals surface area (Å²) in [5.74, 6) is -0.187. The van der Waals surface area contributed by atoms with Crippen LogP contribution in [-0.4, -0.2) is 30.4 Å². The molecule has 1 aliphatic rings. The van der Waals surface area contributed by atoms with Crippen LogP contribution < -0.4 is 10.5 Å². The Kier molecular flexibility index (Phi) is 4.31. The number of ether oxygens (including phenoxy) is 1. The number of hydrogen-bond acceptors (Lipinski definition) is 3. The van der Waals surface area contributed by atoms with E-state index >= 15 is 0 Å². The molecular formula is C13H17F3N2O. The lowest BCUT2D eigenvalue weighted by molar-refractivity contribution is -0.274. The second-order valence-corrected chi connectivity index (χ2v) is 4.68. The molecule has 0 bridgehead atoms. The average molecular weight is 274 g/mol. The maximum Gasteiger partial charge on any atom is 0.573 e. The molecule has 1 saturated carbocycles. The fourth-order valence-corrected chi connectivity index (χ4v) is 2.03. The first-order valence-electron chi connectivity index (χ1n) is 6.27. The Labute approximate surface area is 110 Å². The summed E-state index contributed by atoms with van der Waals surface area (Å²) in [6.07, 6.45) is -2.29. The van der Waals surface area contributed by atoms with Crippen LogP contribution in [-0.2, 0) is 6.54 Å². The lowest BCUT2D eigenvalue weighted by atomic mass is 10.2. The largest absolute Gasteiger partial charge is 0.573 e. The van der Waals surface area contributed by atoms with E-state index in [4.69, 9.17) is 5.73 Å². The first kappa shape index (κ1) is 14.1. The summed E-state index contributed by atoms with van der Waals surface area (Å²) >= 11 is 0. The molecule has 2 rings (SSSR count). The van der Waals surface area contributed by atoms with Gasteiger partial charge in [-0.1, -0.05) is 12.1 Å². The van der Waals surface area contributed by atoms with Crippen molar-refractivity contribution in [2.24, 2.45) is 5.73 Å². The van der Waals surface area contributed by atoms with Gasteiger partial charge in [-0.3, -0.25) is 4.90 Å². The Morgan fingerprint density at radius 3 is 2.32 bits per heavy atom. The highest BCUT2D eigenvalue weighted by molar-refractivity contribution is 5.27. The van der Waals surface area contributed by atoms with Crippen LogP contribution in [0.5, 0.6) is 5.75 Å². The van der Waals surface area contributed by atoms with Crippen molar-refractivity contribution in [2.75, 3.05) is 13.1 Å². The zero-order valence-electron chi connectivity index (χ0n) is 10.5. The summed E-state index contributed by atoms with van der Waals surface area (Å²) < 4.78 is 39.9. The van der Waals surface area contributed by atoms with Gasteiger partial charge in [-0.25, -0.2) is 0 Å². The van der Waals surface area contributed by atoms with E-state index in [1.54, 1.807) is 12.1 Å². The molecule has 0 atom stereocenters. The van der Waals surface area contributed by atoms with E-state index in [0.717, 1.165) is 12.1 Å². The molecule has 0 heterocycles. The summed E-state index contributed by atoms with van der Waals surface area (Å²) in [5, 5.41) is 0. The molecule has 1 fully saturated rings. The molecule has 2 N–H and O–H groups in total. The Morgan fingerprint density at radius 1 is 1.21 bits per heavy atom. The van der Waals surface area contributed by atoms with E-state index in [1.165, 1.54) is 25.0 Å². The van der Waals surface area contributed by atoms with Crippen molar-refractivity contribution in [1.82, 2.24) is 4.90 Å². The van der Waals surface area contributed by atoms with E-state index in [1.807, 2.05) is 0 Å². The van der Waals surface area contributed by atoms with Gasteiger partial charge in [0.1, 0.15) is 5.75 Å². The number of nitrogens with zero attached hydrogens (tertiary/aromatic N) is 1. The van der Waals surface area contributed by atoms with Gasteiger partial charge in [0.2, 0.25) is 0 Å². The first-order chi connectivity index (χ1) is 8.98. The molecule has 106 valence electrons. The van der Waals surface area contributed by atoms with Crippen molar-refractivity contribution in [3.63, 3.8) is 0 Å². The molecule has 0 amide bonds. The van der Waals surface area contributed by atoms with Crippen LogP contribution in [0.2, 0.25) is 0 Å². The molecule has 0 unspecified atom stereocenters. The van der Waals surface area contributed by atoms with Crippen LogP contribution in [0.1, 0.15) is 18.4 Å². The van der Waals surface area contributed by atoms with Crippen LogP contribution >= 0.6 is 0 Å². The summed E-state index contributed by atoms with van der Waals surface area (Å²) in [6, 6.07) is 6.58. The third kappa shape index (κ3) is 4.72. The minimum atomic E-state index is -4.64. The number of benzene rings is 1. The van der Waals surface area contributed by atoms with Crippen LogP contribution in [0.3, 0.4) is 0 Å². The van der Waals surface area contributed by atoms with E-state index in [2.05, 4.69) is 9.64 Å². The second kappa shape index (κ2) is 5.79. The second-order valence-electron chi connectivity index (χ2n) is 4.68. The average Bonchev–Trinajstić information content (AvgIpc) is 3.13. The standard InChI is InChI=1S/C13H17F3N2O/c14-13(15,16)19-12-5-1-10(2-6-12)9-18(8-7-17)11-3-4-11/h1-2,5-6,11H,3-4,7-9,17H2. The normalized spacial score (nSPS) is 15.8. The number of nitrogens with two attached hydrogens (primary N) is 1. The molecular weight excluding hydrogens is 257 g/mol. The number of halogens is 3. The molecule has 1 aromatic rings. The van der Waals surface area contributed by atoms with Crippen LogP contribution in [0, 0.1) is 0 Å². The molecule has 3 nitrogen and oxygen atoms in total. The zero-order chi connectivity index (χ0) is 13.9. The van der Waals surface area contributed by atoms with E-state index in [9.17, 15) is 13.2 Å². The van der Waals surface area contributed by atoms with E-state index in [-0.39, 0.29) is 5.75 Å². The van der Waals surface area contributed by atoms with Gasteiger partial charge in [-0.15, -0.1) is 13.2 Å². The fourth-order valence-electron chi connectivity index (χ4n) is 2.03. The first-order valence-corrected chi connectivity index (χ1v) is 6.27. The number of rotatable bonds is 6. The minimum Gasteiger partial charge on any atom is -0.406 e. The lowest BCUT2D eigenvalue weighted by Crippen LogP contribution is -2.31. The zero-order valence-corrected chi connectivity index (χ0v) is 10.5. The topological polar surface area (TPSA) is 38.5 Å². The summed E-state index contributed by atoms with van der Waals surface area (Å²) in [4.78, 5) is 2.26. The highest BCUT2D eigenvalue weighted by Gasteiger charge is 2.31. The van der Waals surface area contributed by atoms with Gasteiger partial charge in [0.25, 0.3) is 0 Å². The van der Waals surface area contributed by atoms with Crippen molar-refractivity contribution in [3.05, 3.63) is 29.8 Å². The molecule has 6 heteroatoms. The van der Waals surface area contributed by atoms with Crippen molar-refractivity contribution < 1.29 is 17.9 Å². The van der Waals surface area contributed by atoms with Crippen molar-refractivity contribution in [3.8, 4) is 5.75 Å². The molecule has 0 aromatic heterocycles. The molecule has 19 heavy (non-hydrogen) atoms. The monoisotopic (exact) mass is 274 g/mol. The highest BCUT2D eigenvalue weighted by atomic mass is 19.4. The summed E-state index contributed by atoms with van der Waals surface area (Å²) in [5.41, 5.74) is 6.52. The molecule has 0 saturated heterocycles. The van der Waals surface area contributed by atoms with Gasteiger partial charge in [-0.2, -0.15) is 0 Å². The predicted molar refractivity (Wildman–Crippen MR) is 65.6 cm³/mol. The maximum absolute atomic E-state index is 12.0. The number of hydrogen-bond donors (Lipinski definition) is 1. The van der Waals surface area contributed by atoms with Gasteiger partial charge in [0.05, 0.1) is 0 Å². The molecule has 1 aromatic carbocycles. The van der Waals surface area contributed by atoms with Gasteiger partial charge in [0, 0.05) is 25.7 Å². The van der Waals surface area contributed by atoms with Crippen molar-refractivity contribution in [2.45, 2.75) is 31.8 Å². The van der Waals surface area contributed by atoms with Crippen LogP contribution in [0.25, 0.3) is 0 Å².